The molecule has 0 bridgehead atoms. The van der Waals surface area contributed by atoms with Gasteiger partial charge >= 0.3 is 5.97 Å². The molecule has 1 aromatic rings. The summed E-state index contributed by atoms with van der Waals surface area (Å²) in [7, 11) is 0. The molecule has 1 atom stereocenters. The predicted octanol–water partition coefficient (Wildman–Crippen LogP) is 2.40. The molecule has 3 N–H and O–H groups in total. The maximum atomic E-state index is 13.4. The maximum Gasteiger partial charge on any atom is 0.311 e. The lowest BCUT2D eigenvalue weighted by molar-refractivity contribution is -0.151. The Morgan fingerprint density at radius 3 is 2.68 bits per heavy atom. The van der Waals surface area contributed by atoms with Gasteiger partial charge in [0.25, 0.3) is 0 Å². The van der Waals surface area contributed by atoms with Crippen molar-refractivity contribution in [3.8, 4) is 0 Å². The quantitative estimate of drug-likeness (QED) is 0.778. The number of benzene rings is 1. The monoisotopic (exact) mass is 348 g/mol. The third-order valence-electron chi connectivity index (χ3n) is 5.24. The van der Waals surface area contributed by atoms with Crippen LogP contribution in [0.15, 0.2) is 18.2 Å². The molecule has 1 unspecified atom stereocenters. The van der Waals surface area contributed by atoms with Gasteiger partial charge in [0.15, 0.2) is 0 Å². The molecule has 134 valence electrons. The number of carboxylic acids is 1. The summed E-state index contributed by atoms with van der Waals surface area (Å²) in [6.45, 7) is 0.0514. The number of carbonyl (C=O) groups excluding carboxylic acids is 2. The summed E-state index contributed by atoms with van der Waals surface area (Å²) in [6, 6.07) is 3.92. The summed E-state index contributed by atoms with van der Waals surface area (Å²) in [5.74, 6) is -2.87. The molecule has 2 amide bonds. The Hall–Kier alpha value is -2.44. The standard InChI is InChI=1S/C18H21FN2O4/c19-11-4-5-12-13(9-15(22)21-14(12)8-11)16(23)20-10-18(17(24)25)6-2-1-3-7-18/h4-5,8,13H,1-3,6-7,9-10H2,(H,20,23)(H,21,22)(H,24,25). The lowest BCUT2D eigenvalue weighted by atomic mass is 9.74. The van der Waals surface area contributed by atoms with Crippen molar-refractivity contribution < 1.29 is 23.9 Å². The summed E-state index contributed by atoms with van der Waals surface area (Å²) in [5, 5.41) is 14.9. The number of carboxylic acid groups (broad SMARTS) is 1. The fourth-order valence-electron chi connectivity index (χ4n) is 3.75. The first-order valence-electron chi connectivity index (χ1n) is 8.52. The van der Waals surface area contributed by atoms with Crippen molar-refractivity contribution in [3.63, 3.8) is 0 Å². The Bertz CT molecular complexity index is 713. The van der Waals surface area contributed by atoms with Crippen molar-refractivity contribution in [2.45, 2.75) is 44.4 Å². The Kier molecular flexibility index (Phi) is 4.74. The van der Waals surface area contributed by atoms with Gasteiger partial charge in [-0.2, -0.15) is 0 Å². The van der Waals surface area contributed by atoms with Crippen LogP contribution in [0.25, 0.3) is 0 Å². The van der Waals surface area contributed by atoms with Crippen LogP contribution < -0.4 is 10.6 Å². The molecule has 1 fully saturated rings. The van der Waals surface area contributed by atoms with Crippen molar-refractivity contribution in [1.82, 2.24) is 5.32 Å². The number of fused-ring (bicyclic) bond motifs is 1. The van der Waals surface area contributed by atoms with Crippen molar-refractivity contribution in [3.05, 3.63) is 29.6 Å². The van der Waals surface area contributed by atoms with Gasteiger partial charge < -0.3 is 15.7 Å². The average Bonchev–Trinajstić information content (AvgIpc) is 2.59. The molecule has 0 aromatic heterocycles. The smallest absolute Gasteiger partial charge is 0.311 e. The molecule has 1 aromatic carbocycles. The highest BCUT2D eigenvalue weighted by atomic mass is 19.1. The van der Waals surface area contributed by atoms with Crippen molar-refractivity contribution in [2.24, 2.45) is 5.41 Å². The first kappa shape index (κ1) is 17.4. The van der Waals surface area contributed by atoms with E-state index in [9.17, 15) is 23.9 Å². The van der Waals surface area contributed by atoms with Crippen LogP contribution in [0.1, 0.15) is 50.0 Å². The molecular weight excluding hydrogens is 327 g/mol. The van der Waals surface area contributed by atoms with Crippen LogP contribution in [-0.4, -0.2) is 29.4 Å². The minimum Gasteiger partial charge on any atom is -0.481 e. The lowest BCUT2D eigenvalue weighted by Crippen LogP contribution is -2.46. The molecule has 1 aliphatic carbocycles. The van der Waals surface area contributed by atoms with E-state index >= 15 is 0 Å². The lowest BCUT2D eigenvalue weighted by Gasteiger charge is -2.34. The second-order valence-electron chi connectivity index (χ2n) is 6.90. The number of halogens is 1. The molecule has 1 heterocycles. The molecule has 25 heavy (non-hydrogen) atoms. The van der Waals surface area contributed by atoms with Gasteiger partial charge in [-0.3, -0.25) is 14.4 Å². The maximum absolute atomic E-state index is 13.4. The Balaban J connectivity index is 1.75. The van der Waals surface area contributed by atoms with Crippen LogP contribution in [0.5, 0.6) is 0 Å². The molecular formula is C18H21FN2O4. The summed E-state index contributed by atoms with van der Waals surface area (Å²) < 4.78 is 13.4. The van der Waals surface area contributed by atoms with Gasteiger partial charge in [-0.15, -0.1) is 0 Å². The van der Waals surface area contributed by atoms with E-state index in [1.807, 2.05) is 0 Å². The van der Waals surface area contributed by atoms with Crippen molar-refractivity contribution in [1.29, 1.82) is 0 Å². The number of carbonyl (C=O) groups is 3. The molecule has 0 radical (unpaired) electrons. The van der Waals surface area contributed by atoms with Gasteiger partial charge in [0, 0.05) is 18.7 Å². The second kappa shape index (κ2) is 6.82. The van der Waals surface area contributed by atoms with Gasteiger partial charge in [0.2, 0.25) is 11.8 Å². The minimum atomic E-state index is -0.934. The van der Waals surface area contributed by atoms with E-state index in [4.69, 9.17) is 0 Å². The van der Waals surface area contributed by atoms with Gasteiger partial charge in [-0.25, -0.2) is 4.39 Å². The molecule has 1 saturated carbocycles. The van der Waals surface area contributed by atoms with Gasteiger partial charge in [0.05, 0.1) is 11.3 Å². The fraction of sp³-hybridized carbons (Fsp3) is 0.500. The summed E-state index contributed by atoms with van der Waals surface area (Å²) in [4.78, 5) is 36.1. The Labute approximate surface area is 144 Å². The second-order valence-corrected chi connectivity index (χ2v) is 6.90. The highest BCUT2D eigenvalue weighted by molar-refractivity contribution is 6.01. The third kappa shape index (κ3) is 3.50. The number of hydrogen-bond acceptors (Lipinski definition) is 3. The number of aliphatic carboxylic acids is 1. The van der Waals surface area contributed by atoms with E-state index in [0.717, 1.165) is 19.3 Å². The van der Waals surface area contributed by atoms with E-state index in [1.54, 1.807) is 0 Å². The van der Waals surface area contributed by atoms with E-state index in [1.165, 1.54) is 18.2 Å². The highest BCUT2D eigenvalue weighted by Gasteiger charge is 2.41. The van der Waals surface area contributed by atoms with Gasteiger partial charge in [-0.1, -0.05) is 25.3 Å². The minimum absolute atomic E-state index is 0.0372. The Morgan fingerprint density at radius 2 is 2.00 bits per heavy atom. The van der Waals surface area contributed by atoms with E-state index in [-0.39, 0.29) is 18.9 Å². The zero-order valence-electron chi connectivity index (χ0n) is 13.8. The van der Waals surface area contributed by atoms with Gasteiger partial charge in [-0.05, 0) is 30.5 Å². The predicted molar refractivity (Wildman–Crippen MR) is 88.6 cm³/mol. The molecule has 2 aliphatic rings. The van der Waals surface area contributed by atoms with E-state index in [2.05, 4.69) is 10.6 Å². The number of anilines is 1. The van der Waals surface area contributed by atoms with Crippen LogP contribution in [0, 0.1) is 11.2 Å². The van der Waals surface area contributed by atoms with E-state index in [0.29, 0.717) is 24.1 Å². The van der Waals surface area contributed by atoms with Gasteiger partial charge in [0.1, 0.15) is 5.82 Å². The van der Waals surface area contributed by atoms with Crippen LogP contribution in [0.3, 0.4) is 0 Å². The van der Waals surface area contributed by atoms with Crippen LogP contribution in [-0.2, 0) is 14.4 Å². The molecule has 0 saturated heterocycles. The van der Waals surface area contributed by atoms with Crippen LogP contribution >= 0.6 is 0 Å². The Morgan fingerprint density at radius 1 is 1.28 bits per heavy atom. The third-order valence-corrected chi connectivity index (χ3v) is 5.24. The first-order valence-corrected chi connectivity index (χ1v) is 8.52. The fourth-order valence-corrected chi connectivity index (χ4v) is 3.75. The van der Waals surface area contributed by atoms with Crippen molar-refractivity contribution >= 4 is 23.5 Å². The van der Waals surface area contributed by atoms with Crippen LogP contribution in [0.4, 0.5) is 10.1 Å². The normalized spacial score (nSPS) is 21.8. The topological polar surface area (TPSA) is 95.5 Å². The zero-order chi connectivity index (χ0) is 18.0. The first-order chi connectivity index (χ1) is 11.9. The van der Waals surface area contributed by atoms with E-state index < -0.39 is 29.0 Å². The van der Waals surface area contributed by atoms with Crippen molar-refractivity contribution in [2.75, 3.05) is 11.9 Å². The summed E-state index contributed by atoms with van der Waals surface area (Å²) >= 11 is 0. The summed E-state index contributed by atoms with van der Waals surface area (Å²) in [6.07, 6.45) is 3.70. The SMILES string of the molecule is O=C1CC(C(=O)NCC2(C(=O)O)CCCCC2)c2ccc(F)cc2N1. The molecule has 7 heteroatoms. The number of rotatable bonds is 4. The number of hydrogen-bond donors (Lipinski definition) is 3. The largest absolute Gasteiger partial charge is 0.481 e. The molecule has 3 rings (SSSR count). The average molecular weight is 348 g/mol. The number of nitrogens with one attached hydrogen (secondary N) is 2. The summed E-state index contributed by atoms with van der Waals surface area (Å²) in [5.41, 5.74) is -0.0928. The number of amides is 2. The molecule has 6 nitrogen and oxygen atoms in total. The molecule has 1 aliphatic heterocycles. The highest BCUT2D eigenvalue weighted by Crippen LogP contribution is 2.37. The molecule has 0 spiro atoms. The van der Waals surface area contributed by atoms with Crippen LogP contribution in [0.2, 0.25) is 0 Å². The zero-order valence-corrected chi connectivity index (χ0v) is 13.8.